The molecular weight excluding hydrogens is 1060 g/mol. The molecule has 0 bridgehead atoms. The number of amides is 1. The maximum absolute atomic E-state index is 13.5. The average molecular weight is 1200 g/mol. The summed E-state index contributed by atoms with van der Waals surface area (Å²) < 4.78 is 17.7. The SMILES string of the molecule is CCCCC/C=C\C/C=C\C/C=C\CCCCCCCCCCCCCCCC(O)C(=O)NC(COC1OC(CO)C(O)C(O)C1OC(=O)CCCCCCCCCCCCCCCCCCCCC)C(O)/C=C/CCCCCCCCCCC. The summed E-state index contributed by atoms with van der Waals surface area (Å²) in [4.78, 5) is 26.7. The van der Waals surface area contributed by atoms with Gasteiger partial charge in [0.2, 0.25) is 5.91 Å². The van der Waals surface area contributed by atoms with Crippen molar-refractivity contribution in [3.8, 4) is 0 Å². The first-order chi connectivity index (χ1) is 41.7. The number of aliphatic hydroxyl groups excluding tert-OH is 5. The van der Waals surface area contributed by atoms with E-state index in [1.165, 1.54) is 231 Å². The van der Waals surface area contributed by atoms with Crippen LogP contribution in [-0.4, -0.2) is 99.6 Å². The second-order valence-corrected chi connectivity index (χ2v) is 25.3. The number of nitrogens with one attached hydrogen (secondary N) is 1. The fourth-order valence-electron chi connectivity index (χ4n) is 11.5. The van der Waals surface area contributed by atoms with E-state index in [1.54, 1.807) is 6.08 Å². The van der Waals surface area contributed by atoms with E-state index in [9.17, 15) is 35.1 Å². The zero-order valence-corrected chi connectivity index (χ0v) is 55.5. The average Bonchev–Trinajstić information content (AvgIpc) is 3.59. The Kier molecular flexibility index (Phi) is 58.7. The summed E-state index contributed by atoms with van der Waals surface area (Å²) in [5.41, 5.74) is 0. The zero-order chi connectivity index (χ0) is 61.7. The Bertz CT molecular complexity index is 1570. The van der Waals surface area contributed by atoms with Crippen LogP contribution in [0.3, 0.4) is 0 Å². The van der Waals surface area contributed by atoms with Gasteiger partial charge in [-0.25, -0.2) is 0 Å². The number of rotatable bonds is 63. The van der Waals surface area contributed by atoms with Gasteiger partial charge in [0.25, 0.3) is 0 Å². The van der Waals surface area contributed by atoms with E-state index in [2.05, 4.69) is 62.5 Å². The first-order valence-electron chi connectivity index (χ1n) is 36.4. The van der Waals surface area contributed by atoms with Crippen LogP contribution in [-0.2, 0) is 23.8 Å². The molecule has 1 rings (SSSR count). The summed E-state index contributed by atoms with van der Waals surface area (Å²) in [6.07, 6.45) is 67.3. The lowest BCUT2D eigenvalue weighted by atomic mass is 9.99. The van der Waals surface area contributed by atoms with Gasteiger partial charge in [-0.1, -0.05) is 326 Å². The molecule has 0 aromatic heterocycles. The third kappa shape index (κ3) is 49.1. The van der Waals surface area contributed by atoms with E-state index < -0.39 is 67.4 Å². The predicted molar refractivity (Wildman–Crippen MR) is 357 cm³/mol. The lowest BCUT2D eigenvalue weighted by molar-refractivity contribution is -0.305. The highest BCUT2D eigenvalue weighted by Gasteiger charge is 2.47. The van der Waals surface area contributed by atoms with Gasteiger partial charge in [-0.05, 0) is 64.2 Å². The van der Waals surface area contributed by atoms with Crippen LogP contribution < -0.4 is 5.32 Å². The lowest BCUT2D eigenvalue weighted by Crippen LogP contribution is -2.61. The van der Waals surface area contributed by atoms with Gasteiger partial charge < -0.3 is 45.1 Å². The van der Waals surface area contributed by atoms with Gasteiger partial charge in [0, 0.05) is 6.42 Å². The minimum Gasteiger partial charge on any atom is -0.454 e. The molecule has 8 unspecified atom stereocenters. The van der Waals surface area contributed by atoms with E-state index in [1.807, 2.05) is 6.08 Å². The Morgan fingerprint density at radius 1 is 0.459 bits per heavy atom. The van der Waals surface area contributed by atoms with Crippen molar-refractivity contribution in [1.82, 2.24) is 5.32 Å². The van der Waals surface area contributed by atoms with Crippen molar-refractivity contribution in [3.05, 3.63) is 48.6 Å². The van der Waals surface area contributed by atoms with Crippen molar-refractivity contribution < 1.29 is 49.3 Å². The molecule has 8 atom stereocenters. The van der Waals surface area contributed by atoms with Crippen molar-refractivity contribution in [2.24, 2.45) is 0 Å². The second kappa shape index (κ2) is 61.8. The van der Waals surface area contributed by atoms with Gasteiger partial charge in [-0.15, -0.1) is 0 Å². The summed E-state index contributed by atoms with van der Waals surface area (Å²) in [6, 6.07) is -1.02. The zero-order valence-electron chi connectivity index (χ0n) is 55.5. The van der Waals surface area contributed by atoms with Crippen LogP contribution in [0.15, 0.2) is 48.6 Å². The molecule has 85 heavy (non-hydrogen) atoms. The van der Waals surface area contributed by atoms with Crippen molar-refractivity contribution in [2.45, 2.75) is 397 Å². The highest BCUT2D eigenvalue weighted by molar-refractivity contribution is 5.80. The Morgan fingerprint density at radius 3 is 1.24 bits per heavy atom. The number of esters is 1. The molecule has 1 aliphatic rings. The van der Waals surface area contributed by atoms with Crippen LogP contribution in [0.25, 0.3) is 0 Å². The first-order valence-corrected chi connectivity index (χ1v) is 36.4. The lowest BCUT2D eigenvalue weighted by Gasteiger charge is -2.41. The van der Waals surface area contributed by atoms with Crippen molar-refractivity contribution >= 4 is 11.9 Å². The van der Waals surface area contributed by atoms with E-state index in [0.717, 1.165) is 70.6 Å². The number of carbonyl (C=O) groups excluding carboxylic acids is 2. The van der Waals surface area contributed by atoms with Crippen molar-refractivity contribution in [1.29, 1.82) is 0 Å². The van der Waals surface area contributed by atoms with Crippen LogP contribution in [0, 0.1) is 0 Å². The summed E-state index contributed by atoms with van der Waals surface area (Å²) in [6.45, 7) is 5.81. The highest BCUT2D eigenvalue weighted by atomic mass is 16.7. The van der Waals surface area contributed by atoms with Gasteiger partial charge >= 0.3 is 5.97 Å². The topological polar surface area (TPSA) is 175 Å². The van der Waals surface area contributed by atoms with Crippen molar-refractivity contribution in [3.63, 3.8) is 0 Å². The molecular formula is C74H137NO10. The smallest absolute Gasteiger partial charge is 0.306 e. The van der Waals surface area contributed by atoms with Crippen LogP contribution >= 0.6 is 0 Å². The van der Waals surface area contributed by atoms with E-state index in [-0.39, 0.29) is 13.0 Å². The summed E-state index contributed by atoms with van der Waals surface area (Å²) in [5, 5.41) is 57.2. The monoisotopic (exact) mass is 1200 g/mol. The molecule has 0 aromatic rings. The standard InChI is InChI=1S/C74H137NO10/c1-4-7-10-13-16-19-22-24-26-28-30-31-32-33-34-35-36-38-39-41-43-46-49-52-55-58-61-67(78)73(82)75-65(66(77)60-57-54-51-48-45-21-18-15-12-9-6-3)64-83-74-72(71(81)70(80)68(63-76)84-74)85-69(79)62-59-56-53-50-47-44-42-40-37-29-27-25-23-20-17-14-11-8-5-2/h16,19,24,26,30-31,57,60,65-68,70-72,74,76-78,80-81H,4-15,17-18,20-23,25,27-29,32-56,58-59,61-64H2,1-3H3,(H,75,82)/b19-16-,26-24-,31-30-,60-57+. The van der Waals surface area contributed by atoms with Gasteiger partial charge in [-0.2, -0.15) is 0 Å². The van der Waals surface area contributed by atoms with Crippen LogP contribution in [0.1, 0.15) is 348 Å². The van der Waals surface area contributed by atoms with Gasteiger partial charge in [0.1, 0.15) is 24.4 Å². The van der Waals surface area contributed by atoms with Crippen molar-refractivity contribution in [2.75, 3.05) is 13.2 Å². The molecule has 498 valence electrons. The van der Waals surface area contributed by atoms with Gasteiger partial charge in [0.15, 0.2) is 12.4 Å². The molecule has 0 saturated carbocycles. The Balaban J connectivity index is 2.53. The molecule has 1 heterocycles. The minimum atomic E-state index is -1.61. The molecule has 1 fully saturated rings. The summed E-state index contributed by atoms with van der Waals surface area (Å²) in [5.74, 6) is -1.18. The maximum atomic E-state index is 13.5. The largest absolute Gasteiger partial charge is 0.454 e. The minimum absolute atomic E-state index is 0.129. The Hall–Kier alpha value is -2.38. The van der Waals surface area contributed by atoms with Gasteiger partial charge in [-0.3, -0.25) is 9.59 Å². The quantitative estimate of drug-likeness (QED) is 0.0195. The fourth-order valence-corrected chi connectivity index (χ4v) is 11.5. The molecule has 1 aliphatic heterocycles. The second-order valence-electron chi connectivity index (χ2n) is 25.3. The molecule has 11 heteroatoms. The summed E-state index contributed by atoms with van der Waals surface area (Å²) in [7, 11) is 0. The highest BCUT2D eigenvalue weighted by Crippen LogP contribution is 2.26. The molecule has 0 spiro atoms. The molecule has 0 aromatic carbocycles. The molecule has 6 N–H and O–H groups in total. The van der Waals surface area contributed by atoms with Crippen LogP contribution in [0.2, 0.25) is 0 Å². The predicted octanol–water partition coefficient (Wildman–Crippen LogP) is 18.7. The third-order valence-corrected chi connectivity index (χ3v) is 17.2. The summed E-state index contributed by atoms with van der Waals surface area (Å²) >= 11 is 0. The number of unbranched alkanes of at least 4 members (excludes halogenated alkanes) is 43. The number of hydrogen-bond donors (Lipinski definition) is 6. The number of allylic oxidation sites excluding steroid dienone is 7. The van der Waals surface area contributed by atoms with E-state index >= 15 is 0 Å². The van der Waals surface area contributed by atoms with Gasteiger partial charge in [0.05, 0.1) is 25.4 Å². The van der Waals surface area contributed by atoms with Crippen LogP contribution in [0.5, 0.6) is 0 Å². The maximum Gasteiger partial charge on any atom is 0.306 e. The Labute approximate surface area is 523 Å². The molecule has 1 amide bonds. The Morgan fingerprint density at radius 2 is 0.812 bits per heavy atom. The number of ether oxygens (including phenoxy) is 3. The number of hydrogen-bond acceptors (Lipinski definition) is 10. The molecule has 11 nitrogen and oxygen atoms in total. The number of carbonyl (C=O) groups is 2. The number of aliphatic hydroxyl groups is 5. The molecule has 0 radical (unpaired) electrons. The van der Waals surface area contributed by atoms with E-state index in [4.69, 9.17) is 14.2 Å². The molecule has 1 saturated heterocycles. The normalized spacial score (nSPS) is 18.6. The first kappa shape index (κ1) is 80.6. The van der Waals surface area contributed by atoms with E-state index in [0.29, 0.717) is 19.3 Å². The molecule has 0 aliphatic carbocycles. The van der Waals surface area contributed by atoms with Crippen LogP contribution in [0.4, 0.5) is 0 Å². The fraction of sp³-hybridized carbons (Fsp3) is 0.865. The third-order valence-electron chi connectivity index (χ3n) is 17.2.